The lowest BCUT2D eigenvalue weighted by atomic mass is 10.0. The van der Waals surface area contributed by atoms with E-state index in [0.29, 0.717) is 5.92 Å². The number of aromatic nitrogens is 2. The number of furan rings is 1. The van der Waals surface area contributed by atoms with E-state index in [1.807, 2.05) is 25.1 Å². The molecule has 1 aromatic carbocycles. The summed E-state index contributed by atoms with van der Waals surface area (Å²) in [5, 5.41) is 7.97. The van der Waals surface area contributed by atoms with Crippen LogP contribution >= 0.6 is 0 Å². The van der Waals surface area contributed by atoms with E-state index in [4.69, 9.17) is 13.9 Å². The highest BCUT2D eigenvalue weighted by Gasteiger charge is 2.18. The summed E-state index contributed by atoms with van der Waals surface area (Å²) in [7, 11) is 1.68. The Morgan fingerprint density at radius 2 is 1.88 bits per heavy atom. The van der Waals surface area contributed by atoms with Gasteiger partial charge in [-0.25, -0.2) is 9.97 Å². The predicted molar refractivity (Wildman–Crippen MR) is 129 cm³/mol. The van der Waals surface area contributed by atoms with Crippen LogP contribution in [-0.4, -0.2) is 54.8 Å². The Bertz CT molecular complexity index is 1090. The summed E-state index contributed by atoms with van der Waals surface area (Å²) in [4.78, 5) is 11.6. The van der Waals surface area contributed by atoms with Gasteiger partial charge in [-0.2, -0.15) is 0 Å². The molecular weight excluding hydrogens is 418 g/mol. The van der Waals surface area contributed by atoms with E-state index in [-0.39, 0.29) is 0 Å². The summed E-state index contributed by atoms with van der Waals surface area (Å²) in [6.45, 7) is 7.59. The average molecular weight is 452 g/mol. The van der Waals surface area contributed by atoms with Crippen LogP contribution in [-0.2, 0) is 11.3 Å². The third-order valence-corrected chi connectivity index (χ3v) is 6.51. The fraction of sp³-hybridized carbons (Fsp3) is 0.520. The molecule has 0 amide bonds. The van der Waals surface area contributed by atoms with Gasteiger partial charge in [0, 0.05) is 31.2 Å². The summed E-state index contributed by atoms with van der Waals surface area (Å²) >= 11 is 0. The Morgan fingerprint density at radius 3 is 2.67 bits per heavy atom. The van der Waals surface area contributed by atoms with E-state index in [0.717, 1.165) is 97.9 Å². The molecule has 0 atom stereocenters. The maximum absolute atomic E-state index is 6.22. The predicted octanol–water partition coefficient (Wildman–Crippen LogP) is 4.72. The zero-order valence-electron chi connectivity index (χ0n) is 19.5. The molecule has 5 rings (SSSR count). The molecule has 0 aliphatic carbocycles. The lowest BCUT2D eigenvalue weighted by Gasteiger charge is -2.22. The van der Waals surface area contributed by atoms with E-state index in [1.165, 1.54) is 12.8 Å². The molecule has 2 N–H and O–H groups in total. The number of likely N-dealkylation sites (tertiary alicyclic amines) is 1. The van der Waals surface area contributed by atoms with Gasteiger partial charge in [-0.3, -0.25) is 4.90 Å². The lowest BCUT2D eigenvalue weighted by Crippen LogP contribution is -2.23. The number of ether oxygens (including phenoxy) is 2. The van der Waals surface area contributed by atoms with Crippen molar-refractivity contribution in [3.05, 3.63) is 35.9 Å². The first-order chi connectivity index (χ1) is 16.2. The molecular formula is C25H33N5O3. The second-order valence-electron chi connectivity index (χ2n) is 9.00. The molecule has 4 heterocycles. The van der Waals surface area contributed by atoms with Crippen LogP contribution < -0.4 is 15.4 Å². The minimum absolute atomic E-state index is 0.617. The van der Waals surface area contributed by atoms with Crippen LogP contribution in [0.25, 0.3) is 11.0 Å². The maximum Gasteiger partial charge on any atom is 0.178 e. The Labute approximate surface area is 194 Å². The highest BCUT2D eigenvalue weighted by atomic mass is 16.5. The van der Waals surface area contributed by atoms with E-state index >= 15 is 0 Å². The number of anilines is 3. The average Bonchev–Trinajstić information content (AvgIpc) is 3.49. The third-order valence-electron chi connectivity index (χ3n) is 6.51. The molecule has 33 heavy (non-hydrogen) atoms. The third kappa shape index (κ3) is 5.23. The molecule has 176 valence electrons. The van der Waals surface area contributed by atoms with Crippen molar-refractivity contribution in [3.63, 3.8) is 0 Å². The molecule has 0 unspecified atom stereocenters. The summed E-state index contributed by atoms with van der Waals surface area (Å²) < 4.78 is 17.2. The standard InChI is InChI=1S/C25H33N5O3/c1-17-27-23(26-15-18-7-11-32-12-8-18)14-24(28-17)29-21-5-6-22(31-2)25-20(21)13-19(33-25)16-30-9-3-4-10-30/h5-6,13-14,18H,3-4,7-12,15-16H2,1-2H3,(H2,26,27,28,29). The van der Waals surface area contributed by atoms with Crippen LogP contribution in [0.15, 0.2) is 28.7 Å². The topological polar surface area (TPSA) is 84.7 Å². The van der Waals surface area contributed by atoms with E-state index < -0.39 is 0 Å². The Morgan fingerprint density at radius 1 is 1.09 bits per heavy atom. The van der Waals surface area contributed by atoms with E-state index in [9.17, 15) is 0 Å². The monoisotopic (exact) mass is 451 g/mol. The Hall–Kier alpha value is -2.84. The van der Waals surface area contributed by atoms with Gasteiger partial charge in [0.25, 0.3) is 0 Å². The number of rotatable bonds is 8. The second kappa shape index (κ2) is 9.97. The number of hydrogen-bond donors (Lipinski definition) is 2. The Balaban J connectivity index is 1.36. The van der Waals surface area contributed by atoms with Crippen molar-refractivity contribution in [2.24, 2.45) is 5.92 Å². The van der Waals surface area contributed by atoms with E-state index in [2.05, 4.69) is 31.6 Å². The number of nitrogens with one attached hydrogen (secondary N) is 2. The van der Waals surface area contributed by atoms with Gasteiger partial charge < -0.3 is 24.5 Å². The zero-order valence-corrected chi connectivity index (χ0v) is 19.5. The molecule has 2 saturated heterocycles. The SMILES string of the molecule is COc1ccc(Nc2cc(NCC3CCOCC3)nc(C)n2)c2cc(CN3CCCC3)oc12. The summed E-state index contributed by atoms with van der Waals surface area (Å²) in [5.74, 6) is 4.62. The highest BCUT2D eigenvalue weighted by Crippen LogP contribution is 2.36. The van der Waals surface area contributed by atoms with Crippen LogP contribution in [0.4, 0.5) is 17.3 Å². The van der Waals surface area contributed by atoms with Crippen molar-refractivity contribution < 1.29 is 13.9 Å². The molecule has 0 saturated carbocycles. The molecule has 2 fully saturated rings. The summed E-state index contributed by atoms with van der Waals surface area (Å²) in [5.41, 5.74) is 1.70. The van der Waals surface area contributed by atoms with Gasteiger partial charge in [-0.15, -0.1) is 0 Å². The van der Waals surface area contributed by atoms with Crippen LogP contribution in [0, 0.1) is 12.8 Å². The van der Waals surface area contributed by atoms with E-state index in [1.54, 1.807) is 7.11 Å². The summed E-state index contributed by atoms with van der Waals surface area (Å²) in [6.07, 6.45) is 4.70. The van der Waals surface area contributed by atoms with Crippen molar-refractivity contribution in [1.29, 1.82) is 0 Å². The van der Waals surface area contributed by atoms with Gasteiger partial charge in [0.2, 0.25) is 0 Å². The van der Waals surface area contributed by atoms with Gasteiger partial charge in [-0.1, -0.05) is 0 Å². The van der Waals surface area contributed by atoms with Gasteiger partial charge in [0.1, 0.15) is 23.2 Å². The van der Waals surface area contributed by atoms with Crippen molar-refractivity contribution in [3.8, 4) is 5.75 Å². The van der Waals surface area contributed by atoms with Gasteiger partial charge in [0.05, 0.1) is 19.3 Å². The lowest BCUT2D eigenvalue weighted by molar-refractivity contribution is 0.0699. The number of benzene rings is 1. The van der Waals surface area contributed by atoms with Crippen molar-refractivity contribution >= 4 is 28.3 Å². The number of hydrogen-bond acceptors (Lipinski definition) is 8. The molecule has 2 aliphatic heterocycles. The van der Waals surface area contributed by atoms with Gasteiger partial charge in [-0.05, 0) is 69.8 Å². The first kappa shape index (κ1) is 22.0. The fourth-order valence-corrected chi connectivity index (χ4v) is 4.72. The molecule has 0 spiro atoms. The van der Waals surface area contributed by atoms with Crippen molar-refractivity contribution in [2.45, 2.75) is 39.2 Å². The molecule has 8 nitrogen and oxygen atoms in total. The molecule has 8 heteroatoms. The number of methoxy groups -OCH3 is 1. The van der Waals surface area contributed by atoms with Crippen LogP contribution in [0.1, 0.15) is 37.3 Å². The first-order valence-corrected chi connectivity index (χ1v) is 11.9. The number of aryl methyl sites for hydroxylation is 1. The van der Waals surface area contributed by atoms with Crippen LogP contribution in [0.2, 0.25) is 0 Å². The Kier molecular flexibility index (Phi) is 6.64. The van der Waals surface area contributed by atoms with Crippen LogP contribution in [0.5, 0.6) is 5.75 Å². The summed E-state index contributed by atoms with van der Waals surface area (Å²) in [6, 6.07) is 8.04. The van der Waals surface area contributed by atoms with Crippen molar-refractivity contribution in [1.82, 2.24) is 14.9 Å². The maximum atomic E-state index is 6.22. The molecule has 2 aliphatic rings. The van der Waals surface area contributed by atoms with Gasteiger partial charge in [0.15, 0.2) is 11.3 Å². The van der Waals surface area contributed by atoms with Gasteiger partial charge >= 0.3 is 0 Å². The molecule has 3 aromatic rings. The highest BCUT2D eigenvalue weighted by molar-refractivity contribution is 5.96. The number of nitrogens with zero attached hydrogens (tertiary/aromatic N) is 3. The zero-order chi connectivity index (χ0) is 22.6. The second-order valence-corrected chi connectivity index (χ2v) is 9.00. The largest absolute Gasteiger partial charge is 0.493 e. The quantitative estimate of drug-likeness (QED) is 0.509. The molecule has 0 radical (unpaired) electrons. The van der Waals surface area contributed by atoms with Crippen molar-refractivity contribution in [2.75, 3.05) is 50.6 Å². The minimum atomic E-state index is 0.617. The first-order valence-electron chi connectivity index (χ1n) is 11.9. The number of fused-ring (bicyclic) bond motifs is 1. The smallest absolute Gasteiger partial charge is 0.178 e. The van der Waals surface area contributed by atoms with Crippen LogP contribution in [0.3, 0.4) is 0 Å². The molecule has 2 aromatic heterocycles. The normalized spacial score (nSPS) is 17.5. The fourth-order valence-electron chi connectivity index (χ4n) is 4.72. The minimum Gasteiger partial charge on any atom is -0.493 e. The molecule has 0 bridgehead atoms.